The van der Waals surface area contributed by atoms with E-state index in [2.05, 4.69) is 54.0 Å². The van der Waals surface area contributed by atoms with Crippen LogP contribution in [-0.4, -0.2) is 6.54 Å². The quantitative estimate of drug-likeness (QED) is 0.862. The minimum Gasteiger partial charge on any atom is -0.330 e. The van der Waals surface area contributed by atoms with Crippen LogP contribution in [0.1, 0.15) is 38.2 Å². The van der Waals surface area contributed by atoms with Gasteiger partial charge in [0.05, 0.1) is 0 Å². The maximum atomic E-state index is 5.83. The molecule has 0 aliphatic carbocycles. The molecule has 2 atom stereocenters. The Kier molecular flexibility index (Phi) is 5.34. The monoisotopic (exact) mass is 269 g/mol. The van der Waals surface area contributed by atoms with Crippen molar-refractivity contribution in [1.82, 2.24) is 0 Å². The number of benzene rings is 1. The second-order valence-corrected chi connectivity index (χ2v) is 5.15. The minimum atomic E-state index is 0.507. The highest BCUT2D eigenvalue weighted by atomic mass is 79.9. The highest BCUT2D eigenvalue weighted by molar-refractivity contribution is 9.10. The summed E-state index contributed by atoms with van der Waals surface area (Å²) in [4.78, 5) is 0. The molecule has 15 heavy (non-hydrogen) atoms. The van der Waals surface area contributed by atoms with Gasteiger partial charge in [0, 0.05) is 4.47 Å². The fraction of sp³-hybridized carbons (Fsp3) is 0.538. The van der Waals surface area contributed by atoms with E-state index in [1.165, 1.54) is 18.4 Å². The van der Waals surface area contributed by atoms with Crippen molar-refractivity contribution < 1.29 is 0 Å². The molecule has 84 valence electrons. The molecule has 1 rings (SSSR count). The summed E-state index contributed by atoms with van der Waals surface area (Å²) in [6.07, 6.45) is 2.42. The molecular formula is C13H20BrN. The van der Waals surface area contributed by atoms with Crippen LogP contribution in [0.4, 0.5) is 0 Å². The summed E-state index contributed by atoms with van der Waals surface area (Å²) >= 11 is 3.45. The SMILES string of the molecule is CCC(C)CC(CN)c1ccc(Br)cc1. The highest BCUT2D eigenvalue weighted by Crippen LogP contribution is 2.25. The third kappa shape index (κ3) is 3.96. The van der Waals surface area contributed by atoms with Gasteiger partial charge in [-0.25, -0.2) is 0 Å². The van der Waals surface area contributed by atoms with Crippen molar-refractivity contribution in [3.05, 3.63) is 34.3 Å². The van der Waals surface area contributed by atoms with Crippen molar-refractivity contribution in [2.75, 3.05) is 6.54 Å². The minimum absolute atomic E-state index is 0.507. The van der Waals surface area contributed by atoms with Gasteiger partial charge in [-0.2, -0.15) is 0 Å². The first-order valence-electron chi connectivity index (χ1n) is 5.62. The van der Waals surface area contributed by atoms with E-state index in [0.29, 0.717) is 5.92 Å². The summed E-state index contributed by atoms with van der Waals surface area (Å²) in [6.45, 7) is 5.27. The Labute approximate surface area is 101 Å². The number of hydrogen-bond acceptors (Lipinski definition) is 1. The molecular weight excluding hydrogens is 250 g/mol. The highest BCUT2D eigenvalue weighted by Gasteiger charge is 2.12. The van der Waals surface area contributed by atoms with Crippen LogP contribution in [0, 0.1) is 5.92 Å². The van der Waals surface area contributed by atoms with Crippen LogP contribution < -0.4 is 5.73 Å². The lowest BCUT2D eigenvalue weighted by molar-refractivity contribution is 0.458. The maximum absolute atomic E-state index is 5.83. The van der Waals surface area contributed by atoms with Crippen molar-refractivity contribution in [2.45, 2.75) is 32.6 Å². The van der Waals surface area contributed by atoms with Gasteiger partial charge < -0.3 is 5.73 Å². The zero-order chi connectivity index (χ0) is 11.3. The molecule has 0 saturated heterocycles. The lowest BCUT2D eigenvalue weighted by Gasteiger charge is -2.19. The number of halogens is 1. The molecule has 2 N–H and O–H groups in total. The third-order valence-corrected chi connectivity index (χ3v) is 3.54. The zero-order valence-electron chi connectivity index (χ0n) is 9.54. The standard InChI is InChI=1S/C13H20BrN/c1-3-10(2)8-12(9-15)11-4-6-13(14)7-5-11/h4-7,10,12H,3,8-9,15H2,1-2H3. The summed E-state index contributed by atoms with van der Waals surface area (Å²) in [5.41, 5.74) is 7.20. The van der Waals surface area contributed by atoms with Crippen LogP contribution in [0.5, 0.6) is 0 Å². The molecule has 0 heterocycles. The van der Waals surface area contributed by atoms with Gasteiger partial charge in [0.2, 0.25) is 0 Å². The first kappa shape index (κ1) is 12.7. The molecule has 1 aromatic carbocycles. The number of hydrogen-bond donors (Lipinski definition) is 1. The molecule has 0 spiro atoms. The van der Waals surface area contributed by atoms with Crippen LogP contribution in [0.2, 0.25) is 0 Å². The van der Waals surface area contributed by atoms with Crippen molar-refractivity contribution in [3.8, 4) is 0 Å². The molecule has 0 aliphatic rings. The van der Waals surface area contributed by atoms with Crippen LogP contribution >= 0.6 is 15.9 Å². The van der Waals surface area contributed by atoms with Gasteiger partial charge in [-0.3, -0.25) is 0 Å². The maximum Gasteiger partial charge on any atom is 0.0175 e. The van der Waals surface area contributed by atoms with Crippen molar-refractivity contribution in [1.29, 1.82) is 0 Å². The second kappa shape index (κ2) is 6.29. The molecule has 0 bridgehead atoms. The molecule has 1 aromatic rings. The van der Waals surface area contributed by atoms with Crippen molar-refractivity contribution in [2.24, 2.45) is 11.7 Å². The molecule has 0 amide bonds. The van der Waals surface area contributed by atoms with Crippen molar-refractivity contribution >= 4 is 15.9 Å². The normalized spacial score (nSPS) is 14.9. The molecule has 0 aliphatic heterocycles. The van der Waals surface area contributed by atoms with E-state index in [9.17, 15) is 0 Å². The van der Waals surface area contributed by atoms with E-state index in [0.717, 1.165) is 16.9 Å². The predicted octanol–water partition coefficient (Wildman–Crippen LogP) is 3.93. The lowest BCUT2D eigenvalue weighted by atomic mass is 9.88. The summed E-state index contributed by atoms with van der Waals surface area (Å²) in [5.74, 6) is 1.26. The number of nitrogens with two attached hydrogens (primary N) is 1. The van der Waals surface area contributed by atoms with Crippen molar-refractivity contribution in [3.63, 3.8) is 0 Å². The summed E-state index contributed by atoms with van der Waals surface area (Å²) in [6, 6.07) is 8.52. The van der Waals surface area contributed by atoms with Gasteiger partial charge in [0.25, 0.3) is 0 Å². The molecule has 2 heteroatoms. The fourth-order valence-electron chi connectivity index (χ4n) is 1.76. The van der Waals surface area contributed by atoms with Gasteiger partial charge in [0.15, 0.2) is 0 Å². The first-order valence-corrected chi connectivity index (χ1v) is 6.42. The van der Waals surface area contributed by atoms with Crippen LogP contribution in [0.25, 0.3) is 0 Å². The first-order chi connectivity index (χ1) is 7.17. The van der Waals surface area contributed by atoms with Gasteiger partial charge in [-0.05, 0) is 42.5 Å². The van der Waals surface area contributed by atoms with E-state index in [4.69, 9.17) is 5.73 Å². The Morgan fingerprint density at radius 1 is 1.27 bits per heavy atom. The molecule has 0 aromatic heterocycles. The molecule has 2 unspecified atom stereocenters. The van der Waals surface area contributed by atoms with E-state index >= 15 is 0 Å². The Morgan fingerprint density at radius 3 is 2.33 bits per heavy atom. The largest absolute Gasteiger partial charge is 0.330 e. The Bertz CT molecular complexity index is 281. The summed E-state index contributed by atoms with van der Waals surface area (Å²) in [7, 11) is 0. The zero-order valence-corrected chi connectivity index (χ0v) is 11.1. The number of rotatable bonds is 5. The Hall–Kier alpha value is -0.340. The van der Waals surface area contributed by atoms with Gasteiger partial charge >= 0.3 is 0 Å². The average molecular weight is 270 g/mol. The van der Waals surface area contributed by atoms with E-state index in [1.54, 1.807) is 0 Å². The molecule has 0 fully saturated rings. The Morgan fingerprint density at radius 2 is 1.87 bits per heavy atom. The van der Waals surface area contributed by atoms with E-state index in [1.807, 2.05) is 0 Å². The van der Waals surface area contributed by atoms with E-state index < -0.39 is 0 Å². The topological polar surface area (TPSA) is 26.0 Å². The average Bonchev–Trinajstić information content (AvgIpc) is 2.27. The molecule has 0 radical (unpaired) electrons. The van der Waals surface area contributed by atoms with Gasteiger partial charge in [-0.15, -0.1) is 0 Å². The lowest BCUT2D eigenvalue weighted by Crippen LogP contribution is -2.15. The van der Waals surface area contributed by atoms with Crippen LogP contribution in [-0.2, 0) is 0 Å². The fourth-order valence-corrected chi connectivity index (χ4v) is 2.02. The van der Waals surface area contributed by atoms with Crippen LogP contribution in [0.15, 0.2) is 28.7 Å². The molecule has 0 saturated carbocycles. The third-order valence-electron chi connectivity index (χ3n) is 3.01. The van der Waals surface area contributed by atoms with Crippen LogP contribution in [0.3, 0.4) is 0 Å². The smallest absolute Gasteiger partial charge is 0.0175 e. The van der Waals surface area contributed by atoms with E-state index in [-0.39, 0.29) is 0 Å². The van der Waals surface area contributed by atoms with Gasteiger partial charge in [-0.1, -0.05) is 48.3 Å². The molecule has 1 nitrogen and oxygen atoms in total. The summed E-state index contributed by atoms with van der Waals surface area (Å²) < 4.78 is 1.13. The van der Waals surface area contributed by atoms with Gasteiger partial charge in [0.1, 0.15) is 0 Å². The predicted molar refractivity (Wildman–Crippen MR) is 70.0 cm³/mol. The Balaban J connectivity index is 2.69. The summed E-state index contributed by atoms with van der Waals surface area (Å²) in [5, 5.41) is 0. The second-order valence-electron chi connectivity index (χ2n) is 4.23.